The number of rotatable bonds is 4. The Morgan fingerprint density at radius 3 is 2.42 bits per heavy atom. The molecule has 102 valence electrons. The van der Waals surface area contributed by atoms with Gasteiger partial charge in [-0.15, -0.1) is 5.10 Å². The number of aromatic amines is 1. The van der Waals surface area contributed by atoms with Gasteiger partial charge in [0, 0.05) is 6.07 Å². The maximum atomic E-state index is 13.0. The number of halogens is 2. The summed E-state index contributed by atoms with van der Waals surface area (Å²) in [6.45, 7) is 0. The van der Waals surface area contributed by atoms with Crippen LogP contribution >= 0.6 is 0 Å². The Labute approximate surface area is 106 Å². The van der Waals surface area contributed by atoms with E-state index in [1.165, 1.54) is 7.11 Å². The SMILES string of the molecule is COc1n[nH]c(NS(=O)(=O)c2cc(F)cc(F)c2)n1. The summed E-state index contributed by atoms with van der Waals surface area (Å²) in [6.07, 6.45) is 0. The van der Waals surface area contributed by atoms with E-state index in [2.05, 4.69) is 19.9 Å². The zero-order valence-corrected chi connectivity index (χ0v) is 10.3. The van der Waals surface area contributed by atoms with Crippen LogP contribution in [0.3, 0.4) is 0 Å². The van der Waals surface area contributed by atoms with E-state index in [1.807, 2.05) is 4.72 Å². The Kier molecular flexibility index (Phi) is 3.34. The lowest BCUT2D eigenvalue weighted by Crippen LogP contribution is -2.14. The van der Waals surface area contributed by atoms with Crippen LogP contribution in [0.4, 0.5) is 14.7 Å². The number of ether oxygens (including phenoxy) is 1. The van der Waals surface area contributed by atoms with Gasteiger partial charge in [0.05, 0.1) is 12.0 Å². The fraction of sp³-hybridized carbons (Fsp3) is 0.111. The van der Waals surface area contributed by atoms with Crippen LogP contribution in [0.5, 0.6) is 6.01 Å². The third-order valence-electron chi connectivity index (χ3n) is 2.02. The fourth-order valence-electron chi connectivity index (χ4n) is 1.25. The number of nitrogens with zero attached hydrogens (tertiary/aromatic N) is 2. The molecule has 0 spiro atoms. The molecule has 2 aromatic rings. The zero-order valence-electron chi connectivity index (χ0n) is 9.52. The van der Waals surface area contributed by atoms with Gasteiger partial charge in [0.25, 0.3) is 10.0 Å². The van der Waals surface area contributed by atoms with Crippen molar-refractivity contribution in [3.05, 3.63) is 29.8 Å². The van der Waals surface area contributed by atoms with Crippen LogP contribution in [-0.4, -0.2) is 30.7 Å². The summed E-state index contributed by atoms with van der Waals surface area (Å²) < 4.78 is 56.2. The molecule has 10 heteroatoms. The van der Waals surface area contributed by atoms with Crippen molar-refractivity contribution < 1.29 is 21.9 Å². The maximum Gasteiger partial charge on any atom is 0.336 e. The molecule has 7 nitrogen and oxygen atoms in total. The number of H-pyrrole nitrogens is 1. The molecule has 0 saturated carbocycles. The standard InChI is InChI=1S/C9H8F2N4O3S/c1-18-9-12-8(13-14-9)15-19(16,17)7-3-5(10)2-6(11)4-7/h2-4H,1H3,(H2,12,13,14,15). The molecule has 0 amide bonds. The van der Waals surface area contributed by atoms with E-state index < -0.39 is 26.6 Å². The number of anilines is 1. The average Bonchev–Trinajstić information content (AvgIpc) is 2.74. The lowest BCUT2D eigenvalue weighted by Gasteiger charge is -2.05. The smallest absolute Gasteiger partial charge is 0.336 e. The van der Waals surface area contributed by atoms with Crippen molar-refractivity contribution >= 4 is 16.0 Å². The molecule has 1 aromatic heterocycles. The third kappa shape index (κ3) is 2.96. The second-order valence-electron chi connectivity index (χ2n) is 3.38. The third-order valence-corrected chi connectivity index (χ3v) is 3.34. The quantitative estimate of drug-likeness (QED) is 0.871. The molecule has 2 N–H and O–H groups in total. The van der Waals surface area contributed by atoms with Gasteiger partial charge < -0.3 is 4.74 Å². The van der Waals surface area contributed by atoms with Crippen molar-refractivity contribution in [1.29, 1.82) is 0 Å². The molecule has 0 saturated heterocycles. The number of hydrogen-bond acceptors (Lipinski definition) is 5. The molecule has 0 bridgehead atoms. The summed E-state index contributed by atoms with van der Waals surface area (Å²) in [5.74, 6) is -2.24. The summed E-state index contributed by atoms with van der Waals surface area (Å²) in [7, 11) is -2.88. The Hall–Kier alpha value is -2.23. The molecule has 0 atom stereocenters. The normalized spacial score (nSPS) is 11.3. The van der Waals surface area contributed by atoms with Crippen LogP contribution in [0.25, 0.3) is 0 Å². The molecule has 0 radical (unpaired) electrons. The summed E-state index contributed by atoms with van der Waals surface area (Å²) in [5.41, 5.74) is 0. The Balaban J connectivity index is 2.31. The van der Waals surface area contributed by atoms with Crippen molar-refractivity contribution in [3.8, 4) is 6.01 Å². The molecule has 1 aromatic carbocycles. The number of benzene rings is 1. The predicted molar refractivity (Wildman–Crippen MR) is 60.1 cm³/mol. The van der Waals surface area contributed by atoms with Gasteiger partial charge in [-0.05, 0) is 12.1 Å². The van der Waals surface area contributed by atoms with Crippen LogP contribution in [0.2, 0.25) is 0 Å². The highest BCUT2D eigenvalue weighted by Crippen LogP contribution is 2.16. The lowest BCUT2D eigenvalue weighted by molar-refractivity contribution is 0.382. The minimum Gasteiger partial charge on any atom is -0.466 e. The number of hydrogen-bond donors (Lipinski definition) is 2. The second kappa shape index (κ2) is 4.80. The Bertz CT molecular complexity index is 681. The summed E-state index contributed by atoms with van der Waals surface area (Å²) in [6, 6.07) is 1.84. The van der Waals surface area contributed by atoms with Gasteiger partial charge in [-0.25, -0.2) is 27.0 Å². The van der Waals surface area contributed by atoms with Crippen LogP contribution in [-0.2, 0) is 10.0 Å². The van der Waals surface area contributed by atoms with Crippen molar-refractivity contribution in [2.24, 2.45) is 0 Å². The van der Waals surface area contributed by atoms with E-state index in [-0.39, 0.29) is 12.0 Å². The summed E-state index contributed by atoms with van der Waals surface area (Å²) >= 11 is 0. The van der Waals surface area contributed by atoms with E-state index in [4.69, 9.17) is 0 Å². The average molecular weight is 290 g/mol. The minimum absolute atomic E-state index is 0.0804. The first-order valence-electron chi connectivity index (χ1n) is 4.86. The fourth-order valence-corrected chi connectivity index (χ4v) is 2.25. The van der Waals surface area contributed by atoms with Crippen molar-refractivity contribution in [3.63, 3.8) is 0 Å². The highest BCUT2D eigenvalue weighted by Gasteiger charge is 2.18. The number of methoxy groups -OCH3 is 1. The zero-order chi connectivity index (χ0) is 14.0. The first-order chi connectivity index (χ1) is 8.90. The topological polar surface area (TPSA) is 97.0 Å². The Morgan fingerprint density at radius 2 is 1.89 bits per heavy atom. The van der Waals surface area contributed by atoms with Gasteiger partial charge in [0.15, 0.2) is 0 Å². The van der Waals surface area contributed by atoms with Gasteiger partial charge in [0.1, 0.15) is 11.6 Å². The van der Waals surface area contributed by atoms with E-state index >= 15 is 0 Å². The number of sulfonamides is 1. The van der Waals surface area contributed by atoms with Gasteiger partial charge >= 0.3 is 6.01 Å². The van der Waals surface area contributed by atoms with Gasteiger partial charge in [-0.2, -0.15) is 4.98 Å². The van der Waals surface area contributed by atoms with E-state index in [0.717, 1.165) is 0 Å². The Morgan fingerprint density at radius 1 is 1.26 bits per heavy atom. The molecule has 0 aliphatic carbocycles. The van der Waals surface area contributed by atoms with Crippen LogP contribution in [0, 0.1) is 11.6 Å². The molecular formula is C9H8F2N4O3S. The van der Waals surface area contributed by atoms with E-state index in [9.17, 15) is 17.2 Å². The van der Waals surface area contributed by atoms with Gasteiger partial charge in [-0.3, -0.25) is 0 Å². The van der Waals surface area contributed by atoms with E-state index in [1.54, 1.807) is 0 Å². The molecule has 1 heterocycles. The molecule has 0 aliphatic rings. The van der Waals surface area contributed by atoms with E-state index in [0.29, 0.717) is 18.2 Å². The summed E-state index contributed by atoms with van der Waals surface area (Å²) in [4.78, 5) is 3.05. The minimum atomic E-state index is -4.17. The van der Waals surface area contributed by atoms with Crippen molar-refractivity contribution in [2.45, 2.75) is 4.90 Å². The van der Waals surface area contributed by atoms with Crippen LogP contribution in [0.15, 0.2) is 23.1 Å². The van der Waals surface area contributed by atoms with Crippen LogP contribution < -0.4 is 9.46 Å². The van der Waals surface area contributed by atoms with Crippen molar-refractivity contribution in [1.82, 2.24) is 15.2 Å². The molecule has 19 heavy (non-hydrogen) atoms. The largest absolute Gasteiger partial charge is 0.466 e. The lowest BCUT2D eigenvalue weighted by atomic mass is 10.3. The molecular weight excluding hydrogens is 282 g/mol. The molecule has 0 fully saturated rings. The number of aromatic nitrogens is 3. The first kappa shape index (κ1) is 13.2. The first-order valence-corrected chi connectivity index (χ1v) is 6.34. The monoisotopic (exact) mass is 290 g/mol. The molecule has 0 unspecified atom stereocenters. The highest BCUT2D eigenvalue weighted by molar-refractivity contribution is 7.92. The predicted octanol–water partition coefficient (Wildman–Crippen LogP) is 0.892. The second-order valence-corrected chi connectivity index (χ2v) is 5.06. The maximum absolute atomic E-state index is 13.0. The molecule has 2 rings (SSSR count). The van der Waals surface area contributed by atoms with Crippen molar-refractivity contribution in [2.75, 3.05) is 11.8 Å². The van der Waals surface area contributed by atoms with Gasteiger partial charge in [0.2, 0.25) is 5.95 Å². The van der Waals surface area contributed by atoms with Crippen LogP contribution in [0.1, 0.15) is 0 Å². The summed E-state index contributed by atoms with van der Waals surface area (Å²) in [5, 5.41) is 5.76. The highest BCUT2D eigenvalue weighted by atomic mass is 32.2. The molecule has 0 aliphatic heterocycles. The van der Waals surface area contributed by atoms with Gasteiger partial charge in [-0.1, -0.05) is 0 Å². The number of nitrogens with one attached hydrogen (secondary N) is 2.